The summed E-state index contributed by atoms with van der Waals surface area (Å²) in [6, 6.07) is 3.29. The fourth-order valence-corrected chi connectivity index (χ4v) is 2.36. The summed E-state index contributed by atoms with van der Waals surface area (Å²) in [5.41, 5.74) is 1.56. The van der Waals surface area contributed by atoms with Gasteiger partial charge >= 0.3 is 5.97 Å². The van der Waals surface area contributed by atoms with Gasteiger partial charge in [-0.2, -0.15) is 5.10 Å². The zero-order valence-electron chi connectivity index (χ0n) is 8.69. The standard InChI is InChI=1S/C10H9ClN2O2S/c1-5-9(11)6(2)13(12-5)8-4-3-7(16-8)10(14)15/h3-4H,1-2H3,(H,14,15). The zero-order valence-corrected chi connectivity index (χ0v) is 10.3. The van der Waals surface area contributed by atoms with Crippen molar-refractivity contribution in [3.63, 3.8) is 0 Å². The Kier molecular flexibility index (Phi) is 2.73. The van der Waals surface area contributed by atoms with Gasteiger partial charge in [-0.3, -0.25) is 0 Å². The predicted octanol–water partition coefficient (Wildman–Crippen LogP) is 2.90. The molecule has 6 heteroatoms. The van der Waals surface area contributed by atoms with Gasteiger partial charge in [-0.25, -0.2) is 9.48 Å². The van der Waals surface area contributed by atoms with Crippen LogP contribution >= 0.6 is 22.9 Å². The molecule has 0 spiro atoms. The van der Waals surface area contributed by atoms with Crippen LogP contribution in [0.5, 0.6) is 0 Å². The number of carboxylic acid groups (broad SMARTS) is 1. The van der Waals surface area contributed by atoms with E-state index in [1.165, 1.54) is 11.3 Å². The minimum absolute atomic E-state index is 0.290. The molecule has 16 heavy (non-hydrogen) atoms. The Labute approximate surface area is 101 Å². The molecule has 0 unspecified atom stereocenters. The average molecular weight is 257 g/mol. The summed E-state index contributed by atoms with van der Waals surface area (Å²) >= 11 is 7.20. The largest absolute Gasteiger partial charge is 0.477 e. The van der Waals surface area contributed by atoms with Crippen molar-refractivity contribution < 1.29 is 9.90 Å². The molecule has 0 fully saturated rings. The number of carbonyl (C=O) groups is 1. The number of rotatable bonds is 2. The smallest absolute Gasteiger partial charge is 0.345 e. The molecule has 0 saturated heterocycles. The SMILES string of the molecule is Cc1nn(-c2ccc(C(=O)O)s2)c(C)c1Cl. The van der Waals surface area contributed by atoms with E-state index in [2.05, 4.69) is 5.10 Å². The van der Waals surface area contributed by atoms with Crippen LogP contribution in [0, 0.1) is 13.8 Å². The van der Waals surface area contributed by atoms with Crippen molar-refractivity contribution in [2.24, 2.45) is 0 Å². The fraction of sp³-hybridized carbons (Fsp3) is 0.200. The lowest BCUT2D eigenvalue weighted by Gasteiger charge is -1.98. The second kappa shape index (κ2) is 3.92. The molecular weight excluding hydrogens is 248 g/mol. The van der Waals surface area contributed by atoms with E-state index in [4.69, 9.17) is 16.7 Å². The lowest BCUT2D eigenvalue weighted by Crippen LogP contribution is -1.95. The minimum Gasteiger partial charge on any atom is -0.477 e. The first-order chi connectivity index (χ1) is 7.50. The second-order valence-electron chi connectivity index (χ2n) is 3.34. The van der Waals surface area contributed by atoms with E-state index in [1.807, 2.05) is 13.8 Å². The van der Waals surface area contributed by atoms with Crippen molar-refractivity contribution >= 4 is 28.9 Å². The Bertz CT molecular complexity index is 559. The monoisotopic (exact) mass is 256 g/mol. The lowest BCUT2D eigenvalue weighted by atomic mass is 10.4. The Morgan fingerprint density at radius 1 is 1.50 bits per heavy atom. The van der Waals surface area contributed by atoms with E-state index in [9.17, 15) is 4.79 Å². The van der Waals surface area contributed by atoms with Gasteiger partial charge in [-0.1, -0.05) is 11.6 Å². The summed E-state index contributed by atoms with van der Waals surface area (Å²) in [6.07, 6.45) is 0. The molecule has 1 N–H and O–H groups in total. The van der Waals surface area contributed by atoms with Gasteiger partial charge in [0.2, 0.25) is 0 Å². The quantitative estimate of drug-likeness (QED) is 0.899. The van der Waals surface area contributed by atoms with Crippen molar-refractivity contribution in [2.75, 3.05) is 0 Å². The van der Waals surface area contributed by atoms with Crippen LogP contribution in [0.25, 0.3) is 5.00 Å². The van der Waals surface area contributed by atoms with Crippen LogP contribution in [0.4, 0.5) is 0 Å². The molecule has 0 radical (unpaired) electrons. The number of halogens is 1. The number of hydrogen-bond acceptors (Lipinski definition) is 3. The third kappa shape index (κ3) is 1.72. The number of aromatic nitrogens is 2. The molecule has 0 bridgehead atoms. The summed E-state index contributed by atoms with van der Waals surface area (Å²) in [5.74, 6) is -0.927. The average Bonchev–Trinajstić information content (AvgIpc) is 2.79. The van der Waals surface area contributed by atoms with E-state index in [-0.39, 0.29) is 0 Å². The molecule has 0 amide bonds. The van der Waals surface area contributed by atoms with Crippen molar-refractivity contribution in [3.8, 4) is 5.00 Å². The molecule has 2 rings (SSSR count). The molecule has 84 valence electrons. The minimum atomic E-state index is -0.927. The first-order valence-corrected chi connectivity index (χ1v) is 5.75. The Morgan fingerprint density at radius 2 is 2.19 bits per heavy atom. The van der Waals surface area contributed by atoms with E-state index >= 15 is 0 Å². The molecule has 4 nitrogen and oxygen atoms in total. The molecule has 2 aromatic rings. The van der Waals surface area contributed by atoms with Gasteiger partial charge in [0, 0.05) is 0 Å². The molecule has 2 heterocycles. The van der Waals surface area contributed by atoms with E-state index < -0.39 is 5.97 Å². The third-order valence-corrected chi connectivity index (χ3v) is 3.81. The van der Waals surface area contributed by atoms with Gasteiger partial charge < -0.3 is 5.11 Å². The van der Waals surface area contributed by atoms with Crippen molar-refractivity contribution in [3.05, 3.63) is 33.4 Å². The normalized spacial score (nSPS) is 10.7. The predicted molar refractivity (Wildman–Crippen MR) is 62.9 cm³/mol. The number of thiophene rings is 1. The topological polar surface area (TPSA) is 55.1 Å². The van der Waals surface area contributed by atoms with Crippen LogP contribution in [0.3, 0.4) is 0 Å². The van der Waals surface area contributed by atoms with Gasteiger partial charge in [0.15, 0.2) is 0 Å². The van der Waals surface area contributed by atoms with E-state index in [1.54, 1.807) is 16.8 Å². The molecule has 0 aromatic carbocycles. The highest BCUT2D eigenvalue weighted by Gasteiger charge is 2.14. The summed E-state index contributed by atoms with van der Waals surface area (Å²) in [5, 5.41) is 14.5. The summed E-state index contributed by atoms with van der Waals surface area (Å²) < 4.78 is 1.66. The molecular formula is C10H9ClN2O2S. The fourth-order valence-electron chi connectivity index (χ4n) is 1.39. The maximum atomic E-state index is 10.8. The molecule has 2 aromatic heterocycles. The van der Waals surface area contributed by atoms with Gasteiger partial charge in [0.25, 0.3) is 0 Å². The third-order valence-electron chi connectivity index (χ3n) is 2.21. The maximum absolute atomic E-state index is 10.8. The number of carboxylic acids is 1. The number of aryl methyl sites for hydroxylation is 1. The maximum Gasteiger partial charge on any atom is 0.345 e. The van der Waals surface area contributed by atoms with Gasteiger partial charge in [-0.15, -0.1) is 11.3 Å². The Hall–Kier alpha value is -1.33. The van der Waals surface area contributed by atoms with Crippen molar-refractivity contribution in [1.29, 1.82) is 0 Å². The van der Waals surface area contributed by atoms with Crippen LogP contribution < -0.4 is 0 Å². The van der Waals surface area contributed by atoms with Crippen LogP contribution in [0.15, 0.2) is 12.1 Å². The van der Waals surface area contributed by atoms with Crippen molar-refractivity contribution in [2.45, 2.75) is 13.8 Å². The van der Waals surface area contributed by atoms with Gasteiger partial charge in [-0.05, 0) is 26.0 Å². The highest BCUT2D eigenvalue weighted by Crippen LogP contribution is 2.26. The molecule has 0 atom stereocenters. The van der Waals surface area contributed by atoms with Crippen LogP contribution in [0.2, 0.25) is 5.02 Å². The van der Waals surface area contributed by atoms with Crippen molar-refractivity contribution in [1.82, 2.24) is 9.78 Å². The number of aromatic carboxylic acids is 1. The van der Waals surface area contributed by atoms with Crippen LogP contribution in [-0.4, -0.2) is 20.9 Å². The first kappa shape index (κ1) is 11.2. The van der Waals surface area contributed by atoms with Crippen LogP contribution in [0.1, 0.15) is 21.1 Å². The zero-order chi connectivity index (χ0) is 11.9. The van der Waals surface area contributed by atoms with Crippen LogP contribution in [-0.2, 0) is 0 Å². The Balaban J connectivity index is 2.50. The summed E-state index contributed by atoms with van der Waals surface area (Å²) in [4.78, 5) is 11.0. The highest BCUT2D eigenvalue weighted by atomic mass is 35.5. The lowest BCUT2D eigenvalue weighted by molar-refractivity contribution is 0.0702. The van der Waals surface area contributed by atoms with Gasteiger partial charge in [0.05, 0.1) is 16.4 Å². The number of hydrogen-bond donors (Lipinski definition) is 1. The van der Waals surface area contributed by atoms with Gasteiger partial charge in [0.1, 0.15) is 9.88 Å². The Morgan fingerprint density at radius 3 is 2.62 bits per heavy atom. The number of nitrogens with zero attached hydrogens (tertiary/aromatic N) is 2. The molecule has 0 saturated carbocycles. The van der Waals surface area contributed by atoms with E-state index in [0.29, 0.717) is 9.90 Å². The summed E-state index contributed by atoms with van der Waals surface area (Å²) in [7, 11) is 0. The first-order valence-electron chi connectivity index (χ1n) is 4.56. The molecule has 0 aliphatic carbocycles. The second-order valence-corrected chi connectivity index (χ2v) is 4.78. The molecule has 0 aliphatic heterocycles. The highest BCUT2D eigenvalue weighted by molar-refractivity contribution is 7.16. The molecule has 0 aliphatic rings. The van der Waals surface area contributed by atoms with E-state index in [0.717, 1.165) is 16.4 Å². The summed E-state index contributed by atoms with van der Waals surface area (Å²) in [6.45, 7) is 3.67.